The van der Waals surface area contributed by atoms with E-state index in [1.54, 1.807) is 6.07 Å². The summed E-state index contributed by atoms with van der Waals surface area (Å²) in [4.78, 5) is 14.9. The van der Waals surface area contributed by atoms with Gasteiger partial charge in [-0.25, -0.2) is 4.79 Å². The number of pyridine rings is 1. The molecule has 0 aliphatic rings. The summed E-state index contributed by atoms with van der Waals surface area (Å²) in [6, 6.07) is 3.10. The number of carbonyl (C=O) groups is 1. The van der Waals surface area contributed by atoms with Crippen LogP contribution < -0.4 is 0 Å². The zero-order valence-electron chi connectivity index (χ0n) is 7.45. The van der Waals surface area contributed by atoms with Crippen molar-refractivity contribution in [3.63, 3.8) is 0 Å². The maximum absolute atomic E-state index is 12.9. The van der Waals surface area contributed by atoms with Crippen LogP contribution in [0.3, 0.4) is 0 Å². The Morgan fingerprint density at radius 2 is 2.31 bits per heavy atom. The Bertz CT molecular complexity index is 292. The summed E-state index contributed by atoms with van der Waals surface area (Å²) >= 11 is 0. The summed E-state index contributed by atoms with van der Waals surface area (Å²) in [5.74, 6) is -2.66. The minimum absolute atomic E-state index is 0.244. The third-order valence-electron chi connectivity index (χ3n) is 1.23. The van der Waals surface area contributed by atoms with Crippen molar-refractivity contribution in [1.29, 1.82) is 0 Å². The van der Waals surface area contributed by atoms with Crippen LogP contribution in [0.5, 0.6) is 0 Å². The van der Waals surface area contributed by atoms with Gasteiger partial charge in [0.05, 0.1) is 5.56 Å². The van der Waals surface area contributed by atoms with Crippen molar-refractivity contribution in [1.82, 2.24) is 4.98 Å². The largest absolute Gasteiger partial charge is 0.426 e. The average molecular weight is 183 g/mol. The Morgan fingerprint density at radius 3 is 2.77 bits per heavy atom. The average Bonchev–Trinajstić information content (AvgIpc) is 2.03. The Hall–Kier alpha value is -1.45. The van der Waals surface area contributed by atoms with E-state index in [0.29, 0.717) is 0 Å². The van der Waals surface area contributed by atoms with Crippen molar-refractivity contribution >= 4 is 5.97 Å². The van der Waals surface area contributed by atoms with Crippen LogP contribution in [0.15, 0.2) is 24.5 Å². The standard InChI is InChI=1S/C9H10FNO2/c1-9(2,10)13-8(12)7-4-3-5-11-6-7/h3-6H,1-2H3. The number of aromatic nitrogens is 1. The molecule has 0 aliphatic carbocycles. The number of rotatable bonds is 2. The quantitative estimate of drug-likeness (QED) is 0.658. The van der Waals surface area contributed by atoms with Gasteiger partial charge in [0, 0.05) is 26.2 Å². The van der Waals surface area contributed by atoms with Gasteiger partial charge in [0.15, 0.2) is 0 Å². The van der Waals surface area contributed by atoms with Crippen LogP contribution in [0.4, 0.5) is 4.39 Å². The fourth-order valence-electron chi connectivity index (χ4n) is 0.763. The normalized spacial score (nSPS) is 11.0. The van der Waals surface area contributed by atoms with Crippen molar-refractivity contribution in [2.24, 2.45) is 0 Å². The molecule has 0 atom stereocenters. The molecule has 0 saturated carbocycles. The number of hydrogen-bond donors (Lipinski definition) is 0. The summed E-state index contributed by atoms with van der Waals surface area (Å²) in [5, 5.41) is 0. The topological polar surface area (TPSA) is 39.2 Å². The fourth-order valence-corrected chi connectivity index (χ4v) is 0.763. The summed E-state index contributed by atoms with van der Waals surface area (Å²) < 4.78 is 17.3. The smallest absolute Gasteiger partial charge is 0.342 e. The molecule has 0 spiro atoms. The monoisotopic (exact) mass is 183 g/mol. The van der Waals surface area contributed by atoms with Gasteiger partial charge in [-0.1, -0.05) is 0 Å². The van der Waals surface area contributed by atoms with Crippen LogP contribution in [0.2, 0.25) is 0 Å². The molecule has 0 aromatic carbocycles. The van der Waals surface area contributed by atoms with Crippen molar-refractivity contribution in [3.05, 3.63) is 30.1 Å². The zero-order valence-corrected chi connectivity index (χ0v) is 7.45. The van der Waals surface area contributed by atoms with Crippen molar-refractivity contribution in [2.75, 3.05) is 0 Å². The van der Waals surface area contributed by atoms with E-state index in [2.05, 4.69) is 9.72 Å². The van der Waals surface area contributed by atoms with Gasteiger partial charge in [-0.3, -0.25) is 4.98 Å². The first-order valence-corrected chi connectivity index (χ1v) is 3.81. The predicted molar refractivity (Wildman–Crippen MR) is 44.8 cm³/mol. The maximum atomic E-state index is 12.9. The number of hydrogen-bond acceptors (Lipinski definition) is 3. The second-order valence-corrected chi connectivity index (χ2v) is 2.99. The molecule has 0 unspecified atom stereocenters. The summed E-state index contributed by atoms with van der Waals surface area (Å²) in [6.45, 7) is 2.34. The SMILES string of the molecule is CC(C)(F)OC(=O)c1cccnc1. The molecule has 0 amide bonds. The minimum Gasteiger partial charge on any atom is -0.426 e. The summed E-state index contributed by atoms with van der Waals surface area (Å²) in [7, 11) is 0. The molecule has 13 heavy (non-hydrogen) atoms. The summed E-state index contributed by atoms with van der Waals surface area (Å²) in [6.07, 6.45) is 2.85. The van der Waals surface area contributed by atoms with Gasteiger partial charge >= 0.3 is 5.97 Å². The van der Waals surface area contributed by atoms with Crippen LogP contribution in [0, 0.1) is 0 Å². The van der Waals surface area contributed by atoms with Crippen LogP contribution in [-0.2, 0) is 4.74 Å². The number of nitrogens with zero attached hydrogens (tertiary/aromatic N) is 1. The fraction of sp³-hybridized carbons (Fsp3) is 0.333. The molecule has 1 rings (SSSR count). The molecule has 0 aliphatic heterocycles. The van der Waals surface area contributed by atoms with E-state index in [9.17, 15) is 9.18 Å². The van der Waals surface area contributed by atoms with Gasteiger partial charge in [0.1, 0.15) is 0 Å². The van der Waals surface area contributed by atoms with E-state index in [4.69, 9.17) is 0 Å². The highest BCUT2D eigenvalue weighted by molar-refractivity contribution is 5.89. The van der Waals surface area contributed by atoms with E-state index in [-0.39, 0.29) is 5.56 Å². The van der Waals surface area contributed by atoms with E-state index < -0.39 is 11.8 Å². The first kappa shape index (κ1) is 9.64. The molecule has 0 fully saturated rings. The molecule has 1 aromatic heterocycles. The van der Waals surface area contributed by atoms with Gasteiger partial charge in [-0.15, -0.1) is 0 Å². The minimum atomic E-state index is -1.95. The highest BCUT2D eigenvalue weighted by Crippen LogP contribution is 2.13. The highest BCUT2D eigenvalue weighted by Gasteiger charge is 2.21. The van der Waals surface area contributed by atoms with Gasteiger partial charge < -0.3 is 4.74 Å². The molecule has 4 heteroatoms. The summed E-state index contributed by atoms with van der Waals surface area (Å²) in [5.41, 5.74) is 0.244. The lowest BCUT2D eigenvalue weighted by atomic mass is 10.3. The second kappa shape index (κ2) is 3.51. The number of esters is 1. The number of alkyl halides is 1. The maximum Gasteiger partial charge on any atom is 0.342 e. The van der Waals surface area contributed by atoms with Crippen LogP contribution in [0.25, 0.3) is 0 Å². The number of carbonyl (C=O) groups excluding carboxylic acids is 1. The molecule has 0 bridgehead atoms. The van der Waals surface area contributed by atoms with Crippen molar-refractivity contribution in [3.8, 4) is 0 Å². The molecule has 0 saturated heterocycles. The molecule has 0 radical (unpaired) electrons. The lowest BCUT2D eigenvalue weighted by molar-refractivity contribution is -0.0758. The predicted octanol–water partition coefficient (Wildman–Crippen LogP) is 1.94. The first-order valence-electron chi connectivity index (χ1n) is 3.81. The van der Waals surface area contributed by atoms with E-state index >= 15 is 0 Å². The third-order valence-corrected chi connectivity index (χ3v) is 1.23. The van der Waals surface area contributed by atoms with E-state index in [0.717, 1.165) is 0 Å². The van der Waals surface area contributed by atoms with Crippen LogP contribution in [0.1, 0.15) is 24.2 Å². The Morgan fingerprint density at radius 1 is 1.62 bits per heavy atom. The molecule has 1 heterocycles. The lowest BCUT2D eigenvalue weighted by Gasteiger charge is -2.14. The highest BCUT2D eigenvalue weighted by atomic mass is 19.2. The first-order chi connectivity index (χ1) is 5.99. The van der Waals surface area contributed by atoms with Crippen LogP contribution in [-0.4, -0.2) is 16.8 Å². The number of halogens is 1. The molecule has 0 N–H and O–H groups in total. The van der Waals surface area contributed by atoms with Crippen LogP contribution >= 0.6 is 0 Å². The zero-order chi connectivity index (χ0) is 9.90. The molecular weight excluding hydrogens is 173 g/mol. The Balaban J connectivity index is 2.71. The van der Waals surface area contributed by atoms with Gasteiger partial charge in [-0.2, -0.15) is 4.39 Å². The molecule has 3 nitrogen and oxygen atoms in total. The Kier molecular flexibility index (Phi) is 2.60. The van der Waals surface area contributed by atoms with Gasteiger partial charge in [0.2, 0.25) is 5.85 Å². The van der Waals surface area contributed by atoms with E-state index in [1.165, 1.54) is 32.3 Å². The molecular formula is C9H10FNO2. The molecule has 70 valence electrons. The lowest BCUT2D eigenvalue weighted by Crippen LogP contribution is -2.22. The molecule has 1 aromatic rings. The Labute approximate surface area is 75.6 Å². The van der Waals surface area contributed by atoms with Gasteiger partial charge in [-0.05, 0) is 12.1 Å². The second-order valence-electron chi connectivity index (χ2n) is 2.99. The number of ether oxygens (including phenoxy) is 1. The van der Waals surface area contributed by atoms with Crippen molar-refractivity contribution in [2.45, 2.75) is 19.7 Å². The van der Waals surface area contributed by atoms with E-state index in [1.807, 2.05) is 0 Å². The van der Waals surface area contributed by atoms with Gasteiger partial charge in [0.25, 0.3) is 0 Å². The van der Waals surface area contributed by atoms with Crippen molar-refractivity contribution < 1.29 is 13.9 Å². The third kappa shape index (κ3) is 3.19.